The molecule has 0 fully saturated rings. The lowest BCUT2D eigenvalue weighted by Gasteiger charge is -2.13. The molecule has 0 bridgehead atoms. The highest BCUT2D eigenvalue weighted by Gasteiger charge is 2.19. The molecule has 0 aliphatic rings. The molecule has 0 amide bonds. The van der Waals surface area contributed by atoms with E-state index in [1.807, 2.05) is 0 Å². The number of hydrogen-bond acceptors (Lipinski definition) is 6. The van der Waals surface area contributed by atoms with Crippen molar-refractivity contribution in [2.24, 2.45) is 0 Å². The predicted octanol–water partition coefficient (Wildman–Crippen LogP) is 0.853. The van der Waals surface area contributed by atoms with Gasteiger partial charge in [0.15, 0.2) is 0 Å². The van der Waals surface area contributed by atoms with Gasteiger partial charge in [-0.1, -0.05) is 0 Å². The molecule has 0 aromatic heterocycles. The van der Waals surface area contributed by atoms with Crippen LogP contribution in [0, 0.1) is 0 Å². The van der Waals surface area contributed by atoms with Crippen molar-refractivity contribution in [3.8, 4) is 11.5 Å². The molecule has 0 aliphatic carbocycles. The second kappa shape index (κ2) is 4.11. The van der Waals surface area contributed by atoms with Gasteiger partial charge in [-0.15, -0.1) is 0 Å². The lowest BCUT2D eigenvalue weighted by Crippen LogP contribution is -2.04. The number of carboxylic acids is 1. The third-order valence-electron chi connectivity index (χ3n) is 2.55. The van der Waals surface area contributed by atoms with E-state index in [4.69, 9.17) is 5.11 Å². The Morgan fingerprint density at radius 1 is 1.11 bits per heavy atom. The lowest BCUT2D eigenvalue weighted by molar-refractivity contribution is 0.0693. The first-order valence-corrected chi connectivity index (χ1v) is 6.30. The van der Waals surface area contributed by atoms with Gasteiger partial charge < -0.3 is 19.9 Å². The Labute approximate surface area is 107 Å². The minimum Gasteiger partial charge on any atom is -0.744 e. The van der Waals surface area contributed by atoms with Gasteiger partial charge in [0.05, 0.1) is 4.90 Å². The number of phenolic OH excluding ortho intramolecular Hbond substituents is 1. The Bertz CT molecular complexity index is 792. The fourth-order valence-corrected chi connectivity index (χ4v) is 2.44. The van der Waals surface area contributed by atoms with Gasteiger partial charge in [0.1, 0.15) is 27.2 Å². The summed E-state index contributed by atoms with van der Waals surface area (Å²) in [4.78, 5) is 10.1. The second-order valence-corrected chi connectivity index (χ2v) is 5.11. The zero-order valence-electron chi connectivity index (χ0n) is 9.19. The summed E-state index contributed by atoms with van der Waals surface area (Å²) in [6.45, 7) is 0. The molecule has 0 spiro atoms. The molecule has 8 heteroatoms. The smallest absolute Gasteiger partial charge is 0.339 e. The SMILES string of the molecule is O=C(O)c1cc(S(=O)(=O)[O-])c2ccc(O)cc2c1O. The molecule has 0 aliphatic heterocycles. The van der Waals surface area contributed by atoms with Crippen molar-refractivity contribution in [2.75, 3.05) is 0 Å². The largest absolute Gasteiger partial charge is 0.744 e. The van der Waals surface area contributed by atoms with Crippen LogP contribution in [0.2, 0.25) is 0 Å². The second-order valence-electron chi connectivity index (χ2n) is 3.76. The molecule has 2 rings (SSSR count). The van der Waals surface area contributed by atoms with Crippen LogP contribution in [0.1, 0.15) is 10.4 Å². The summed E-state index contributed by atoms with van der Waals surface area (Å²) >= 11 is 0. The van der Waals surface area contributed by atoms with E-state index in [0.29, 0.717) is 6.07 Å². The van der Waals surface area contributed by atoms with Crippen molar-refractivity contribution >= 4 is 26.9 Å². The summed E-state index contributed by atoms with van der Waals surface area (Å²) < 4.78 is 33.4. The quantitative estimate of drug-likeness (QED) is 0.695. The molecule has 100 valence electrons. The highest BCUT2D eigenvalue weighted by Crippen LogP contribution is 2.35. The van der Waals surface area contributed by atoms with E-state index in [1.54, 1.807) is 0 Å². The third-order valence-corrected chi connectivity index (χ3v) is 3.43. The van der Waals surface area contributed by atoms with Crippen LogP contribution in [-0.2, 0) is 10.1 Å². The minimum absolute atomic E-state index is 0.157. The summed E-state index contributed by atoms with van der Waals surface area (Å²) in [6, 6.07) is 3.81. The zero-order chi connectivity index (χ0) is 14.4. The molecule has 7 nitrogen and oxygen atoms in total. The third kappa shape index (κ3) is 2.18. The molecule has 0 unspecified atom stereocenters. The number of hydrogen-bond donors (Lipinski definition) is 3. The summed E-state index contributed by atoms with van der Waals surface area (Å²) in [7, 11) is -4.92. The molecule has 2 aromatic carbocycles. The number of rotatable bonds is 2. The maximum absolute atomic E-state index is 11.1. The maximum Gasteiger partial charge on any atom is 0.339 e. The fraction of sp³-hybridized carbons (Fsp3) is 0. The Kier molecular flexibility index (Phi) is 2.84. The Hall–Kier alpha value is -2.32. The molecular weight excluding hydrogens is 276 g/mol. The van der Waals surface area contributed by atoms with Gasteiger partial charge in [-0.05, 0) is 24.3 Å². The zero-order valence-corrected chi connectivity index (χ0v) is 10.0. The normalized spacial score (nSPS) is 11.6. The minimum atomic E-state index is -4.92. The molecule has 19 heavy (non-hydrogen) atoms. The number of benzene rings is 2. The molecule has 0 saturated heterocycles. The van der Waals surface area contributed by atoms with E-state index in [9.17, 15) is 28.0 Å². The van der Waals surface area contributed by atoms with Crippen molar-refractivity contribution in [3.63, 3.8) is 0 Å². The number of carboxylic acid groups (broad SMARTS) is 1. The van der Waals surface area contributed by atoms with Crippen molar-refractivity contribution in [1.82, 2.24) is 0 Å². The summed E-state index contributed by atoms with van der Waals surface area (Å²) in [5, 5.41) is 27.5. The van der Waals surface area contributed by atoms with E-state index in [0.717, 1.165) is 18.2 Å². The Morgan fingerprint density at radius 2 is 1.74 bits per heavy atom. The van der Waals surface area contributed by atoms with Crippen LogP contribution in [0.25, 0.3) is 10.8 Å². The van der Waals surface area contributed by atoms with Crippen molar-refractivity contribution in [3.05, 3.63) is 29.8 Å². The van der Waals surface area contributed by atoms with E-state index in [2.05, 4.69) is 0 Å². The summed E-state index contributed by atoms with van der Waals surface area (Å²) in [5.74, 6) is -2.61. The molecule has 0 heterocycles. The highest BCUT2D eigenvalue weighted by atomic mass is 32.2. The first-order chi connectivity index (χ1) is 8.71. The molecular formula is C11H7O7S-. The average Bonchev–Trinajstić information content (AvgIpc) is 2.28. The topological polar surface area (TPSA) is 135 Å². The Morgan fingerprint density at radius 3 is 2.26 bits per heavy atom. The van der Waals surface area contributed by atoms with Gasteiger partial charge in [0.25, 0.3) is 0 Å². The van der Waals surface area contributed by atoms with E-state index >= 15 is 0 Å². The highest BCUT2D eigenvalue weighted by molar-refractivity contribution is 7.86. The molecule has 3 N–H and O–H groups in total. The van der Waals surface area contributed by atoms with Crippen LogP contribution in [0.3, 0.4) is 0 Å². The maximum atomic E-state index is 11.1. The fourth-order valence-electron chi connectivity index (χ4n) is 1.74. The number of phenols is 2. The summed E-state index contributed by atoms with van der Waals surface area (Å²) in [6.07, 6.45) is 0. The van der Waals surface area contributed by atoms with Crippen LogP contribution in [0.4, 0.5) is 0 Å². The number of fused-ring (bicyclic) bond motifs is 1. The van der Waals surface area contributed by atoms with Gasteiger partial charge in [-0.3, -0.25) is 0 Å². The number of carbonyl (C=O) groups is 1. The van der Waals surface area contributed by atoms with Gasteiger partial charge in [0, 0.05) is 10.8 Å². The van der Waals surface area contributed by atoms with Crippen LogP contribution >= 0.6 is 0 Å². The molecule has 0 saturated carbocycles. The standard InChI is InChI=1S/C11H8O7S/c12-5-1-2-6-7(3-5)10(13)8(11(14)15)4-9(6)19(16,17)18/h1-4,12-13H,(H,14,15)(H,16,17,18)/p-1. The molecule has 2 aromatic rings. The van der Waals surface area contributed by atoms with E-state index in [-0.39, 0.29) is 16.5 Å². The first-order valence-electron chi connectivity index (χ1n) is 4.89. The van der Waals surface area contributed by atoms with E-state index in [1.165, 1.54) is 0 Å². The lowest BCUT2D eigenvalue weighted by atomic mass is 10.0. The van der Waals surface area contributed by atoms with Crippen LogP contribution in [0.15, 0.2) is 29.2 Å². The van der Waals surface area contributed by atoms with Crippen LogP contribution < -0.4 is 0 Å². The molecule has 0 radical (unpaired) electrons. The van der Waals surface area contributed by atoms with Crippen LogP contribution in [-0.4, -0.2) is 34.3 Å². The Balaban J connectivity index is 3.05. The van der Waals surface area contributed by atoms with Gasteiger partial charge in [-0.25, -0.2) is 13.2 Å². The average molecular weight is 283 g/mol. The van der Waals surface area contributed by atoms with Crippen molar-refractivity contribution < 1.29 is 33.1 Å². The van der Waals surface area contributed by atoms with Gasteiger partial charge in [0.2, 0.25) is 0 Å². The van der Waals surface area contributed by atoms with Crippen LogP contribution in [0.5, 0.6) is 11.5 Å². The predicted molar refractivity (Wildman–Crippen MR) is 62.2 cm³/mol. The van der Waals surface area contributed by atoms with Crippen molar-refractivity contribution in [2.45, 2.75) is 4.90 Å². The van der Waals surface area contributed by atoms with E-state index < -0.39 is 32.3 Å². The number of aromatic hydroxyl groups is 2. The van der Waals surface area contributed by atoms with Gasteiger partial charge in [-0.2, -0.15) is 0 Å². The van der Waals surface area contributed by atoms with Crippen molar-refractivity contribution in [1.29, 1.82) is 0 Å². The number of aromatic carboxylic acids is 1. The first kappa shape index (κ1) is 13.1. The monoisotopic (exact) mass is 283 g/mol. The summed E-state index contributed by atoms with van der Waals surface area (Å²) in [5.41, 5.74) is -0.729. The molecule has 0 atom stereocenters. The van der Waals surface area contributed by atoms with Gasteiger partial charge >= 0.3 is 5.97 Å².